The molecule has 0 aliphatic rings. The van der Waals surface area contributed by atoms with Crippen molar-refractivity contribution in [1.82, 2.24) is 5.32 Å². The molecule has 6 heteroatoms. The number of hydrogen-bond donors (Lipinski definition) is 2. The van der Waals surface area contributed by atoms with E-state index in [4.69, 9.17) is 11.6 Å². The summed E-state index contributed by atoms with van der Waals surface area (Å²) in [6.07, 6.45) is 2.05. The molecule has 0 aliphatic carbocycles. The van der Waals surface area contributed by atoms with Crippen LogP contribution in [0, 0.1) is 0 Å². The van der Waals surface area contributed by atoms with Crippen LogP contribution in [-0.4, -0.2) is 12.3 Å². The molecule has 0 spiro atoms. The summed E-state index contributed by atoms with van der Waals surface area (Å²) >= 11 is 9.36. The van der Waals surface area contributed by atoms with Gasteiger partial charge in [-0.25, -0.2) is 4.79 Å². The number of halogens is 1. The molecule has 1 heterocycles. The molecule has 0 aliphatic heterocycles. The maximum atomic E-state index is 12.2. The Morgan fingerprint density at radius 3 is 2.52 bits per heavy atom. The summed E-state index contributed by atoms with van der Waals surface area (Å²) in [6.45, 7) is 0.469. The molecule has 3 aromatic rings. The van der Waals surface area contributed by atoms with Gasteiger partial charge in [0, 0.05) is 28.2 Å². The van der Waals surface area contributed by atoms with Crippen molar-refractivity contribution in [3.63, 3.8) is 0 Å². The molecular formula is C19H17ClN2OS2. The SMILES string of the molecule is CSc1scc(-c2ccc(Cl)cc2)c1CNC(=O)Nc1ccccc1. The van der Waals surface area contributed by atoms with Crippen LogP contribution in [0.3, 0.4) is 0 Å². The first kappa shape index (κ1) is 17.9. The Morgan fingerprint density at radius 2 is 1.84 bits per heavy atom. The van der Waals surface area contributed by atoms with Crippen LogP contribution in [0.25, 0.3) is 11.1 Å². The standard InChI is InChI=1S/C19H17ClN2OS2/c1-24-18-16(11-21-19(23)22-15-5-3-2-4-6-15)17(12-25-18)13-7-9-14(20)10-8-13/h2-10,12H,11H2,1H3,(H2,21,22,23). The Labute approximate surface area is 160 Å². The number of thiophene rings is 1. The lowest BCUT2D eigenvalue weighted by molar-refractivity contribution is 0.251. The summed E-state index contributed by atoms with van der Waals surface area (Å²) in [5.41, 5.74) is 4.13. The van der Waals surface area contributed by atoms with Gasteiger partial charge in [-0.05, 0) is 41.6 Å². The van der Waals surface area contributed by atoms with E-state index in [0.717, 1.165) is 22.4 Å². The van der Waals surface area contributed by atoms with E-state index >= 15 is 0 Å². The summed E-state index contributed by atoms with van der Waals surface area (Å²) in [5, 5.41) is 8.62. The van der Waals surface area contributed by atoms with E-state index in [1.807, 2.05) is 60.9 Å². The number of urea groups is 1. The normalized spacial score (nSPS) is 10.5. The molecule has 128 valence electrons. The van der Waals surface area contributed by atoms with Crippen molar-refractivity contribution in [3.05, 3.63) is 70.6 Å². The Kier molecular flexibility index (Phi) is 6.02. The molecule has 0 unspecified atom stereocenters. The summed E-state index contributed by atoms with van der Waals surface area (Å²) < 4.78 is 1.20. The predicted octanol–water partition coefficient (Wildman–Crippen LogP) is 6.11. The molecule has 2 amide bonds. The molecular weight excluding hydrogens is 372 g/mol. The fourth-order valence-electron chi connectivity index (χ4n) is 2.44. The second-order valence-electron chi connectivity index (χ2n) is 5.30. The van der Waals surface area contributed by atoms with Gasteiger partial charge in [0.1, 0.15) is 0 Å². The van der Waals surface area contributed by atoms with E-state index in [-0.39, 0.29) is 6.03 Å². The smallest absolute Gasteiger partial charge is 0.319 e. The quantitative estimate of drug-likeness (QED) is 0.517. The van der Waals surface area contributed by atoms with E-state index in [0.29, 0.717) is 11.6 Å². The average Bonchev–Trinajstić information content (AvgIpc) is 3.04. The molecule has 0 fully saturated rings. The highest BCUT2D eigenvalue weighted by molar-refractivity contribution is 8.00. The van der Waals surface area contributed by atoms with Crippen LogP contribution in [0.15, 0.2) is 64.2 Å². The van der Waals surface area contributed by atoms with Crippen molar-refractivity contribution < 1.29 is 4.79 Å². The van der Waals surface area contributed by atoms with Crippen molar-refractivity contribution in [2.45, 2.75) is 10.8 Å². The Balaban J connectivity index is 1.74. The minimum atomic E-state index is -0.216. The highest BCUT2D eigenvalue weighted by atomic mass is 35.5. The van der Waals surface area contributed by atoms with Crippen LogP contribution < -0.4 is 10.6 Å². The van der Waals surface area contributed by atoms with Gasteiger partial charge in [-0.15, -0.1) is 23.1 Å². The number of amides is 2. The molecule has 1 aromatic heterocycles. The maximum Gasteiger partial charge on any atom is 0.319 e. The average molecular weight is 389 g/mol. The predicted molar refractivity (Wildman–Crippen MR) is 109 cm³/mol. The van der Waals surface area contributed by atoms with E-state index in [9.17, 15) is 4.79 Å². The van der Waals surface area contributed by atoms with Crippen molar-refractivity contribution in [3.8, 4) is 11.1 Å². The summed E-state index contributed by atoms with van der Waals surface area (Å²) in [6, 6.07) is 17.0. The summed E-state index contributed by atoms with van der Waals surface area (Å²) in [4.78, 5) is 12.2. The van der Waals surface area contributed by atoms with Crippen LogP contribution in [0.2, 0.25) is 5.02 Å². The van der Waals surface area contributed by atoms with Crippen molar-refractivity contribution in [1.29, 1.82) is 0 Å². The van der Waals surface area contributed by atoms with Crippen LogP contribution >= 0.6 is 34.7 Å². The van der Waals surface area contributed by atoms with Crippen LogP contribution in [0.5, 0.6) is 0 Å². The molecule has 0 radical (unpaired) electrons. The number of anilines is 1. The first-order chi connectivity index (χ1) is 12.2. The number of hydrogen-bond acceptors (Lipinski definition) is 3. The van der Waals surface area contributed by atoms with E-state index in [1.165, 1.54) is 4.21 Å². The topological polar surface area (TPSA) is 41.1 Å². The number of rotatable bonds is 5. The highest BCUT2D eigenvalue weighted by Crippen LogP contribution is 2.37. The van der Waals surface area contributed by atoms with Crippen molar-refractivity contribution >= 4 is 46.4 Å². The zero-order valence-corrected chi connectivity index (χ0v) is 16.0. The Bertz CT molecular complexity index is 848. The lowest BCUT2D eigenvalue weighted by Crippen LogP contribution is -2.28. The Hall–Kier alpha value is -1.95. The van der Waals surface area contributed by atoms with E-state index in [2.05, 4.69) is 16.0 Å². The number of benzene rings is 2. The monoisotopic (exact) mass is 388 g/mol. The third-order valence-corrected chi connectivity index (χ3v) is 6.13. The van der Waals surface area contributed by atoms with Gasteiger partial charge in [-0.1, -0.05) is 41.9 Å². The molecule has 0 atom stereocenters. The number of carbonyl (C=O) groups is 1. The van der Waals surface area contributed by atoms with Crippen LogP contribution in [-0.2, 0) is 6.54 Å². The van der Waals surface area contributed by atoms with Gasteiger partial charge < -0.3 is 10.6 Å². The molecule has 2 aromatic carbocycles. The zero-order valence-electron chi connectivity index (χ0n) is 13.6. The third kappa shape index (κ3) is 4.57. The minimum Gasteiger partial charge on any atom is -0.334 e. The van der Waals surface area contributed by atoms with Gasteiger partial charge in [0.25, 0.3) is 0 Å². The van der Waals surface area contributed by atoms with Crippen LogP contribution in [0.4, 0.5) is 10.5 Å². The molecule has 25 heavy (non-hydrogen) atoms. The number of thioether (sulfide) groups is 1. The number of carbonyl (C=O) groups excluding carboxylic acids is 1. The Morgan fingerprint density at radius 1 is 1.12 bits per heavy atom. The number of para-hydroxylation sites is 1. The molecule has 3 rings (SSSR count). The van der Waals surface area contributed by atoms with Gasteiger partial charge in [0.05, 0.1) is 4.21 Å². The highest BCUT2D eigenvalue weighted by Gasteiger charge is 2.14. The largest absolute Gasteiger partial charge is 0.334 e. The minimum absolute atomic E-state index is 0.216. The fourth-order valence-corrected chi connectivity index (χ4v) is 4.35. The molecule has 0 bridgehead atoms. The van der Waals surface area contributed by atoms with Gasteiger partial charge in [-0.2, -0.15) is 0 Å². The summed E-state index contributed by atoms with van der Waals surface area (Å²) in [5.74, 6) is 0. The van der Waals surface area contributed by atoms with Gasteiger partial charge in [-0.3, -0.25) is 0 Å². The maximum absolute atomic E-state index is 12.2. The first-order valence-electron chi connectivity index (χ1n) is 7.67. The molecule has 3 nitrogen and oxygen atoms in total. The third-order valence-electron chi connectivity index (χ3n) is 3.65. The fraction of sp³-hybridized carbons (Fsp3) is 0.105. The molecule has 0 saturated carbocycles. The second-order valence-corrected chi connectivity index (χ2v) is 7.69. The van der Waals surface area contributed by atoms with Gasteiger partial charge in [0.2, 0.25) is 0 Å². The molecule has 0 saturated heterocycles. The molecule has 2 N–H and O–H groups in total. The lowest BCUT2D eigenvalue weighted by atomic mass is 10.0. The van der Waals surface area contributed by atoms with Crippen LogP contribution in [0.1, 0.15) is 5.56 Å². The van der Waals surface area contributed by atoms with E-state index in [1.54, 1.807) is 23.1 Å². The van der Waals surface area contributed by atoms with Crippen molar-refractivity contribution in [2.24, 2.45) is 0 Å². The van der Waals surface area contributed by atoms with Gasteiger partial charge in [0.15, 0.2) is 0 Å². The lowest BCUT2D eigenvalue weighted by Gasteiger charge is -2.10. The van der Waals surface area contributed by atoms with Gasteiger partial charge >= 0.3 is 6.03 Å². The van der Waals surface area contributed by atoms with Crippen molar-refractivity contribution in [2.75, 3.05) is 11.6 Å². The summed E-state index contributed by atoms with van der Waals surface area (Å²) in [7, 11) is 0. The zero-order chi connectivity index (χ0) is 17.6. The first-order valence-corrected chi connectivity index (χ1v) is 10.2. The van der Waals surface area contributed by atoms with E-state index < -0.39 is 0 Å². The second kappa shape index (κ2) is 8.43. The number of nitrogens with one attached hydrogen (secondary N) is 2.